The zero-order chi connectivity index (χ0) is 23.7. The summed E-state index contributed by atoms with van der Waals surface area (Å²) in [5.74, 6) is -7.23. The van der Waals surface area contributed by atoms with E-state index in [-0.39, 0.29) is 35.2 Å². The molecule has 0 unspecified atom stereocenters. The number of aliphatic hydroxyl groups is 3. The molecule has 4 atom stereocenters. The summed E-state index contributed by atoms with van der Waals surface area (Å²) in [6.45, 7) is 0. The summed E-state index contributed by atoms with van der Waals surface area (Å²) in [7, 11) is 3.10. The lowest BCUT2D eigenvalue weighted by Crippen LogP contribution is -2.63. The molecule has 6 N–H and O–H groups in total. The molecule has 0 bridgehead atoms. The molecule has 0 fully saturated rings. The van der Waals surface area contributed by atoms with Gasteiger partial charge in [-0.15, -0.1) is 0 Å². The fourth-order valence-corrected chi connectivity index (χ4v) is 5.33. The number of hydrogen-bond acceptors (Lipinski definition) is 9. The number of Topliss-reactive ketones (excluding diaryl/α,β-unsaturated/α-hetero) is 2. The average Bonchev–Trinajstić information content (AvgIpc) is 2.70. The highest BCUT2D eigenvalue weighted by Crippen LogP contribution is 2.53. The van der Waals surface area contributed by atoms with Gasteiger partial charge in [-0.1, -0.05) is 0 Å². The molecule has 0 heterocycles. The van der Waals surface area contributed by atoms with E-state index in [4.69, 9.17) is 5.73 Å². The van der Waals surface area contributed by atoms with Crippen LogP contribution in [0.25, 0.3) is 4.98 Å². The maximum absolute atomic E-state index is 13.3. The Balaban J connectivity index is 1.99. The molecule has 0 saturated carbocycles. The van der Waals surface area contributed by atoms with E-state index in [0.29, 0.717) is 0 Å². The van der Waals surface area contributed by atoms with Gasteiger partial charge in [0, 0.05) is 17.6 Å². The SMILES string of the molecule is CN(C)[C@@H]1C(O)=C(C(N)=O)C(=O)[C@@]2(O)C(O)=C3C(=O)c4c(O)ccc([N+]#N)c4C[C@H]3C[C@@H]12. The van der Waals surface area contributed by atoms with Gasteiger partial charge in [-0.2, -0.15) is 0 Å². The van der Waals surface area contributed by atoms with Crippen LogP contribution in [0.5, 0.6) is 5.75 Å². The highest BCUT2D eigenvalue weighted by atomic mass is 16.3. The number of fused-ring (bicyclic) bond motifs is 3. The molecule has 11 nitrogen and oxygen atoms in total. The molecule has 0 spiro atoms. The summed E-state index contributed by atoms with van der Waals surface area (Å²) in [5, 5.41) is 52.8. The highest BCUT2D eigenvalue weighted by molar-refractivity contribution is 6.24. The van der Waals surface area contributed by atoms with Gasteiger partial charge in [-0.25, -0.2) is 0 Å². The minimum absolute atomic E-state index is 0.0354. The van der Waals surface area contributed by atoms with Crippen LogP contribution < -0.4 is 5.73 Å². The lowest BCUT2D eigenvalue weighted by atomic mass is 9.58. The first-order chi connectivity index (χ1) is 15.0. The van der Waals surface area contributed by atoms with Gasteiger partial charge >= 0.3 is 5.69 Å². The van der Waals surface area contributed by atoms with E-state index in [0.717, 1.165) is 6.07 Å². The zero-order valence-electron chi connectivity index (χ0n) is 17.2. The van der Waals surface area contributed by atoms with Gasteiger partial charge < -0.3 is 26.2 Å². The van der Waals surface area contributed by atoms with Crippen LogP contribution in [0.4, 0.5) is 5.69 Å². The Kier molecular flexibility index (Phi) is 4.62. The van der Waals surface area contributed by atoms with Crippen LogP contribution in [-0.2, 0) is 16.0 Å². The second-order valence-electron chi connectivity index (χ2n) is 8.52. The lowest BCUT2D eigenvalue weighted by Gasteiger charge is -2.49. The maximum atomic E-state index is 13.3. The molecule has 4 rings (SSSR count). The minimum atomic E-state index is -2.68. The molecule has 0 saturated heterocycles. The number of allylic oxidation sites excluding steroid dienone is 1. The number of phenolic OH excluding ortho intramolecular Hbond substituents is 1. The van der Waals surface area contributed by atoms with Crippen LogP contribution >= 0.6 is 0 Å². The predicted octanol–water partition coefficient (Wildman–Crippen LogP) is 0.605. The van der Waals surface area contributed by atoms with Crippen molar-refractivity contribution < 1.29 is 34.8 Å². The Morgan fingerprint density at radius 1 is 1.25 bits per heavy atom. The van der Waals surface area contributed by atoms with Crippen LogP contribution in [-0.4, -0.2) is 68.5 Å². The number of amides is 1. The van der Waals surface area contributed by atoms with Gasteiger partial charge in [0.1, 0.15) is 22.8 Å². The van der Waals surface area contributed by atoms with Crippen molar-refractivity contribution in [3.8, 4) is 5.75 Å². The Bertz CT molecular complexity index is 1210. The number of carbonyl (C=O) groups excluding carboxylic acids is 3. The summed E-state index contributed by atoms with van der Waals surface area (Å²) < 4.78 is 0. The van der Waals surface area contributed by atoms with Gasteiger partial charge in [0.05, 0.1) is 17.2 Å². The number of diazo groups is 1. The van der Waals surface area contributed by atoms with Crippen LogP contribution in [0.3, 0.4) is 0 Å². The van der Waals surface area contributed by atoms with E-state index >= 15 is 0 Å². The number of benzene rings is 1. The number of primary amides is 1. The van der Waals surface area contributed by atoms with Crippen LogP contribution in [0.1, 0.15) is 22.3 Å². The molecule has 1 amide bonds. The van der Waals surface area contributed by atoms with Crippen LogP contribution in [0.2, 0.25) is 0 Å². The van der Waals surface area contributed by atoms with Crippen molar-refractivity contribution in [2.24, 2.45) is 17.6 Å². The molecule has 1 aromatic carbocycles. The molecular formula is C21H21N4O7+. The van der Waals surface area contributed by atoms with E-state index in [2.05, 4.69) is 4.98 Å². The fourth-order valence-electron chi connectivity index (χ4n) is 5.33. The molecule has 0 aliphatic heterocycles. The van der Waals surface area contributed by atoms with E-state index in [1.54, 1.807) is 14.1 Å². The number of ketones is 2. The van der Waals surface area contributed by atoms with E-state index < -0.39 is 63.8 Å². The number of rotatable bonds is 2. The molecule has 1 aromatic rings. The zero-order valence-corrected chi connectivity index (χ0v) is 17.2. The van der Waals surface area contributed by atoms with Gasteiger partial charge in [0.25, 0.3) is 5.91 Å². The second kappa shape index (κ2) is 6.88. The largest absolute Gasteiger partial charge is 0.510 e. The Hall–Kier alpha value is -3.75. The highest BCUT2D eigenvalue weighted by Gasteiger charge is 2.63. The van der Waals surface area contributed by atoms with Gasteiger partial charge in [0.15, 0.2) is 16.4 Å². The van der Waals surface area contributed by atoms with Crippen molar-refractivity contribution in [3.05, 3.63) is 50.9 Å². The summed E-state index contributed by atoms with van der Waals surface area (Å²) in [6.07, 6.45) is 0.0224. The first-order valence-electron chi connectivity index (χ1n) is 9.81. The van der Waals surface area contributed by atoms with Crippen LogP contribution in [0.15, 0.2) is 34.8 Å². The van der Waals surface area contributed by atoms with Gasteiger partial charge in [-0.05, 0) is 38.9 Å². The van der Waals surface area contributed by atoms with Crippen molar-refractivity contribution >= 4 is 23.2 Å². The third-order valence-electron chi connectivity index (χ3n) is 6.69. The third kappa shape index (κ3) is 2.54. The Labute approximate surface area is 181 Å². The number of phenols is 1. The van der Waals surface area contributed by atoms with E-state index in [9.17, 15) is 40.2 Å². The Morgan fingerprint density at radius 2 is 1.91 bits per heavy atom. The van der Waals surface area contributed by atoms with E-state index in [1.165, 1.54) is 11.0 Å². The molecule has 0 aromatic heterocycles. The van der Waals surface area contributed by atoms with E-state index in [1.807, 2.05) is 0 Å². The average molecular weight is 441 g/mol. The minimum Gasteiger partial charge on any atom is -0.510 e. The smallest absolute Gasteiger partial charge is 0.389 e. The monoisotopic (exact) mass is 441 g/mol. The topological polar surface area (TPSA) is 190 Å². The van der Waals surface area contributed by atoms with Crippen molar-refractivity contribution in [1.29, 1.82) is 5.39 Å². The number of nitrogens with two attached hydrogens (primary N) is 1. The molecule has 32 heavy (non-hydrogen) atoms. The summed E-state index contributed by atoms with van der Waals surface area (Å²) in [4.78, 5) is 42.9. The summed E-state index contributed by atoms with van der Waals surface area (Å²) >= 11 is 0. The second-order valence-corrected chi connectivity index (χ2v) is 8.52. The summed E-state index contributed by atoms with van der Waals surface area (Å²) in [6, 6.07) is 1.42. The molecule has 3 aliphatic rings. The lowest BCUT2D eigenvalue weighted by molar-refractivity contribution is -0.148. The quantitative estimate of drug-likeness (QED) is 0.323. The normalized spacial score (nSPS) is 29.4. The van der Waals surface area contributed by atoms with Crippen LogP contribution in [0, 0.1) is 17.2 Å². The number of likely N-dealkylation sites (N-methyl/N-ethyl adjacent to an activating group) is 1. The molecule has 3 aliphatic carbocycles. The number of aliphatic hydroxyl groups excluding tert-OH is 2. The predicted molar refractivity (Wildman–Crippen MR) is 108 cm³/mol. The third-order valence-corrected chi connectivity index (χ3v) is 6.69. The number of carbonyl (C=O) groups is 3. The molecule has 166 valence electrons. The van der Waals surface area contributed by atoms with Gasteiger partial charge in [-0.3, -0.25) is 19.3 Å². The number of nitrogens with zero attached hydrogens (tertiary/aromatic N) is 3. The first-order valence-corrected chi connectivity index (χ1v) is 9.81. The molecule has 11 heteroatoms. The van der Waals surface area contributed by atoms with Crippen molar-refractivity contribution in [3.63, 3.8) is 0 Å². The van der Waals surface area contributed by atoms with Crippen molar-refractivity contribution in [1.82, 2.24) is 4.90 Å². The molecule has 0 radical (unpaired) electrons. The van der Waals surface area contributed by atoms with Gasteiger partial charge in [0.2, 0.25) is 11.2 Å². The summed E-state index contributed by atoms with van der Waals surface area (Å²) in [5.41, 5.74) is 1.57. The molecular weight excluding hydrogens is 420 g/mol. The fraction of sp³-hybridized carbons (Fsp3) is 0.381. The number of hydrogen-bond donors (Lipinski definition) is 5. The van der Waals surface area contributed by atoms with Crippen molar-refractivity contribution in [2.45, 2.75) is 24.5 Å². The maximum Gasteiger partial charge on any atom is 0.389 e. The first kappa shape index (κ1) is 21.5. The number of aromatic hydroxyl groups is 1. The Morgan fingerprint density at radius 3 is 2.47 bits per heavy atom. The van der Waals surface area contributed by atoms with Crippen molar-refractivity contribution in [2.75, 3.05) is 14.1 Å². The standard InChI is InChI=1S/C21H20N4O7/c1-25(2)15-9-6-7-5-8-10(24-23)3-4-11(26)13(8)16(27)12(7)18(29)21(9,32)19(30)14(17(15)28)20(22)31/h3-4,7,9,15,32H,5-6H2,1-2H3,(H4-,22,26,27,28,29,30,31)/p+1/t7-,9-,15-,21-/m0/s1.